The molecule has 1 N–H and O–H groups in total. The van der Waals surface area contributed by atoms with E-state index in [9.17, 15) is 0 Å². The lowest BCUT2D eigenvalue weighted by Gasteiger charge is -2.06. The van der Waals surface area contributed by atoms with Crippen molar-refractivity contribution in [2.45, 2.75) is 71.1 Å². The van der Waals surface area contributed by atoms with Gasteiger partial charge in [-0.3, -0.25) is 0 Å². The second-order valence-electron chi connectivity index (χ2n) is 5.54. The third-order valence-corrected chi connectivity index (χ3v) is 3.53. The van der Waals surface area contributed by atoms with Gasteiger partial charge < -0.3 is 14.8 Å². The maximum Gasteiger partial charge on any atom is 0.0700 e. The Morgan fingerprint density at radius 2 is 1.25 bits per heavy atom. The van der Waals surface area contributed by atoms with Gasteiger partial charge in [0.2, 0.25) is 0 Å². The molecule has 3 heteroatoms. The molecule has 0 amide bonds. The Labute approximate surface area is 126 Å². The van der Waals surface area contributed by atoms with Gasteiger partial charge in [-0.1, -0.05) is 51.9 Å². The van der Waals surface area contributed by atoms with Gasteiger partial charge in [0, 0.05) is 13.7 Å². The van der Waals surface area contributed by atoms with Crippen molar-refractivity contribution in [1.29, 1.82) is 0 Å². The molecule has 0 fully saturated rings. The van der Waals surface area contributed by atoms with Crippen LogP contribution in [0.5, 0.6) is 0 Å². The van der Waals surface area contributed by atoms with Gasteiger partial charge >= 0.3 is 0 Å². The summed E-state index contributed by atoms with van der Waals surface area (Å²) in [7, 11) is 1.71. The molecule has 0 heterocycles. The molecular formula is C17H37NO2. The van der Waals surface area contributed by atoms with Crippen LogP contribution in [0.25, 0.3) is 0 Å². The van der Waals surface area contributed by atoms with Crippen LogP contribution in [-0.2, 0) is 9.47 Å². The molecule has 0 aliphatic heterocycles. The van der Waals surface area contributed by atoms with E-state index in [-0.39, 0.29) is 0 Å². The van der Waals surface area contributed by atoms with Gasteiger partial charge in [0.1, 0.15) is 0 Å². The molecule has 0 aromatic carbocycles. The summed E-state index contributed by atoms with van der Waals surface area (Å²) >= 11 is 0. The predicted octanol–water partition coefficient (Wildman–Crippen LogP) is 4.16. The van der Waals surface area contributed by atoms with Crippen molar-refractivity contribution in [1.82, 2.24) is 5.32 Å². The molecule has 0 aliphatic rings. The molecule has 0 unspecified atom stereocenters. The monoisotopic (exact) mass is 287 g/mol. The summed E-state index contributed by atoms with van der Waals surface area (Å²) in [6.07, 6.45) is 13.6. The van der Waals surface area contributed by atoms with Crippen LogP contribution in [0.4, 0.5) is 0 Å². The van der Waals surface area contributed by atoms with E-state index in [1.807, 2.05) is 0 Å². The number of unbranched alkanes of at least 4 members (excludes halogenated alkanes) is 8. The summed E-state index contributed by atoms with van der Waals surface area (Å²) in [6.45, 7) is 6.88. The number of ether oxygens (including phenoxy) is 2. The molecule has 0 aliphatic carbocycles. The molecule has 0 radical (unpaired) electrons. The molecule has 20 heavy (non-hydrogen) atoms. The van der Waals surface area contributed by atoms with Gasteiger partial charge in [-0.15, -0.1) is 0 Å². The standard InChI is InChI=1S/C17H37NO2/c1-3-4-5-6-7-8-9-10-13-18-14-11-12-15-20-17-16-19-2/h18H,3-17H2,1-2H3. The summed E-state index contributed by atoms with van der Waals surface area (Å²) in [5.41, 5.74) is 0. The van der Waals surface area contributed by atoms with Crippen LogP contribution in [0, 0.1) is 0 Å². The zero-order chi connectivity index (χ0) is 14.7. The normalized spacial score (nSPS) is 11.1. The van der Waals surface area contributed by atoms with E-state index in [4.69, 9.17) is 9.47 Å². The van der Waals surface area contributed by atoms with Crippen LogP contribution in [0.3, 0.4) is 0 Å². The summed E-state index contributed by atoms with van der Waals surface area (Å²) in [4.78, 5) is 0. The number of rotatable bonds is 17. The minimum atomic E-state index is 0.705. The van der Waals surface area contributed by atoms with E-state index in [0.717, 1.165) is 26.2 Å². The third kappa shape index (κ3) is 17.9. The van der Waals surface area contributed by atoms with Gasteiger partial charge in [-0.2, -0.15) is 0 Å². The van der Waals surface area contributed by atoms with Crippen LogP contribution >= 0.6 is 0 Å². The molecule has 0 atom stereocenters. The fourth-order valence-corrected chi connectivity index (χ4v) is 2.21. The summed E-state index contributed by atoms with van der Waals surface area (Å²) in [5.74, 6) is 0. The summed E-state index contributed by atoms with van der Waals surface area (Å²) < 4.78 is 10.3. The maximum atomic E-state index is 5.42. The molecule has 0 aromatic rings. The van der Waals surface area contributed by atoms with Crippen molar-refractivity contribution in [3.8, 4) is 0 Å². The first-order chi connectivity index (χ1) is 9.91. The molecule has 122 valence electrons. The Balaban J connectivity index is 2.89. The van der Waals surface area contributed by atoms with Crippen molar-refractivity contribution >= 4 is 0 Å². The SMILES string of the molecule is CCCCCCCCCCNCCCCOCCOC. The van der Waals surface area contributed by atoms with Crippen LogP contribution in [0.2, 0.25) is 0 Å². The smallest absolute Gasteiger partial charge is 0.0700 e. The van der Waals surface area contributed by atoms with Crippen molar-refractivity contribution in [2.75, 3.05) is 40.0 Å². The van der Waals surface area contributed by atoms with Gasteiger partial charge in [-0.25, -0.2) is 0 Å². The predicted molar refractivity (Wildman–Crippen MR) is 87.4 cm³/mol. The Kier molecular flexibility index (Phi) is 18.8. The summed E-state index contributed by atoms with van der Waals surface area (Å²) in [6, 6.07) is 0. The molecule has 0 bridgehead atoms. The Hall–Kier alpha value is -0.120. The average Bonchev–Trinajstić information content (AvgIpc) is 2.47. The first-order valence-electron chi connectivity index (χ1n) is 8.69. The second-order valence-corrected chi connectivity index (χ2v) is 5.54. The lowest BCUT2D eigenvalue weighted by Crippen LogP contribution is -2.17. The second kappa shape index (κ2) is 18.9. The molecule has 0 aromatic heterocycles. The number of nitrogens with one attached hydrogen (secondary N) is 1. The highest BCUT2D eigenvalue weighted by atomic mass is 16.5. The zero-order valence-electron chi connectivity index (χ0n) is 13.9. The fraction of sp³-hybridized carbons (Fsp3) is 1.00. The first kappa shape index (κ1) is 19.9. The van der Waals surface area contributed by atoms with Crippen molar-refractivity contribution < 1.29 is 9.47 Å². The highest BCUT2D eigenvalue weighted by molar-refractivity contribution is 4.51. The van der Waals surface area contributed by atoms with Crippen LogP contribution in [-0.4, -0.2) is 40.0 Å². The minimum absolute atomic E-state index is 0.705. The first-order valence-corrected chi connectivity index (χ1v) is 8.69. The van der Waals surface area contributed by atoms with Crippen LogP contribution < -0.4 is 5.32 Å². The zero-order valence-corrected chi connectivity index (χ0v) is 13.9. The van der Waals surface area contributed by atoms with E-state index in [1.54, 1.807) is 7.11 Å². The van der Waals surface area contributed by atoms with Crippen molar-refractivity contribution in [2.24, 2.45) is 0 Å². The van der Waals surface area contributed by atoms with E-state index in [1.165, 1.54) is 64.3 Å². The Bertz CT molecular complexity index is 147. The van der Waals surface area contributed by atoms with Gasteiger partial charge in [0.05, 0.1) is 13.2 Å². The van der Waals surface area contributed by atoms with Gasteiger partial charge in [0.15, 0.2) is 0 Å². The van der Waals surface area contributed by atoms with Gasteiger partial charge in [-0.05, 0) is 32.4 Å². The quantitative estimate of drug-likeness (QED) is 0.407. The van der Waals surface area contributed by atoms with Crippen molar-refractivity contribution in [3.63, 3.8) is 0 Å². The molecule has 0 saturated carbocycles. The molecule has 0 rings (SSSR count). The van der Waals surface area contributed by atoms with Crippen LogP contribution in [0.1, 0.15) is 71.1 Å². The van der Waals surface area contributed by atoms with E-state index >= 15 is 0 Å². The van der Waals surface area contributed by atoms with E-state index in [2.05, 4.69) is 12.2 Å². The molecule has 0 spiro atoms. The Morgan fingerprint density at radius 3 is 1.90 bits per heavy atom. The number of methoxy groups -OCH3 is 1. The highest BCUT2D eigenvalue weighted by Gasteiger charge is 1.93. The largest absolute Gasteiger partial charge is 0.382 e. The average molecular weight is 287 g/mol. The molecule has 3 nitrogen and oxygen atoms in total. The lowest BCUT2D eigenvalue weighted by atomic mass is 10.1. The van der Waals surface area contributed by atoms with Crippen molar-refractivity contribution in [3.05, 3.63) is 0 Å². The topological polar surface area (TPSA) is 30.5 Å². The van der Waals surface area contributed by atoms with Crippen LogP contribution in [0.15, 0.2) is 0 Å². The third-order valence-electron chi connectivity index (χ3n) is 3.53. The molecule has 0 saturated heterocycles. The molecular weight excluding hydrogens is 250 g/mol. The maximum absolute atomic E-state index is 5.42. The fourth-order valence-electron chi connectivity index (χ4n) is 2.21. The van der Waals surface area contributed by atoms with E-state index in [0.29, 0.717) is 6.61 Å². The summed E-state index contributed by atoms with van der Waals surface area (Å²) in [5, 5.41) is 3.52. The van der Waals surface area contributed by atoms with E-state index < -0.39 is 0 Å². The Morgan fingerprint density at radius 1 is 0.650 bits per heavy atom. The minimum Gasteiger partial charge on any atom is -0.382 e. The number of hydrogen-bond acceptors (Lipinski definition) is 3. The lowest BCUT2D eigenvalue weighted by molar-refractivity contribution is 0.0688. The number of hydrogen-bond donors (Lipinski definition) is 1. The highest BCUT2D eigenvalue weighted by Crippen LogP contribution is 2.07. The van der Waals surface area contributed by atoms with Gasteiger partial charge in [0.25, 0.3) is 0 Å².